The van der Waals surface area contributed by atoms with E-state index in [1.807, 2.05) is 0 Å². The highest BCUT2D eigenvalue weighted by Crippen LogP contribution is 2.19. The summed E-state index contributed by atoms with van der Waals surface area (Å²) in [4.78, 5) is 10.3. The average molecular weight is 286 g/mol. The van der Waals surface area contributed by atoms with Crippen molar-refractivity contribution in [3.05, 3.63) is 39.7 Å². The summed E-state index contributed by atoms with van der Waals surface area (Å²) in [5.74, 6) is -0.477. The van der Waals surface area contributed by atoms with Crippen LogP contribution in [-0.4, -0.2) is 38.4 Å². The molecular weight excluding hydrogens is 267 g/mol. The van der Waals surface area contributed by atoms with Crippen molar-refractivity contribution in [2.24, 2.45) is 0 Å². The molecule has 0 aliphatic heterocycles. The van der Waals surface area contributed by atoms with Crippen LogP contribution in [0.1, 0.15) is 12.0 Å². The summed E-state index contributed by atoms with van der Waals surface area (Å²) < 4.78 is 23.2. The van der Waals surface area contributed by atoms with Gasteiger partial charge in [0, 0.05) is 31.9 Å². The van der Waals surface area contributed by atoms with Gasteiger partial charge < -0.3 is 14.8 Å². The number of nitrogens with one attached hydrogen (secondary N) is 1. The summed E-state index contributed by atoms with van der Waals surface area (Å²) in [7, 11) is 1.61. The van der Waals surface area contributed by atoms with Crippen LogP contribution in [0.3, 0.4) is 0 Å². The molecule has 0 aliphatic carbocycles. The second kappa shape index (κ2) is 9.35. The van der Waals surface area contributed by atoms with Crippen molar-refractivity contribution >= 4 is 5.69 Å². The second-order valence-electron chi connectivity index (χ2n) is 4.17. The molecule has 0 aromatic heterocycles. The van der Waals surface area contributed by atoms with E-state index in [9.17, 15) is 14.5 Å². The van der Waals surface area contributed by atoms with Crippen LogP contribution in [0.5, 0.6) is 0 Å². The molecule has 20 heavy (non-hydrogen) atoms. The van der Waals surface area contributed by atoms with Crippen LogP contribution in [0.4, 0.5) is 10.1 Å². The number of halogens is 1. The number of methoxy groups -OCH3 is 1. The van der Waals surface area contributed by atoms with Crippen LogP contribution in [0.25, 0.3) is 0 Å². The number of benzene rings is 1. The first-order chi connectivity index (χ1) is 9.65. The normalized spacial score (nSPS) is 10.7. The van der Waals surface area contributed by atoms with Crippen molar-refractivity contribution in [2.45, 2.75) is 13.0 Å². The van der Waals surface area contributed by atoms with E-state index in [0.29, 0.717) is 31.9 Å². The van der Waals surface area contributed by atoms with E-state index in [2.05, 4.69) is 5.32 Å². The first kappa shape index (κ1) is 16.5. The maximum atomic E-state index is 13.1. The van der Waals surface area contributed by atoms with Gasteiger partial charge >= 0.3 is 0 Å². The lowest BCUT2D eigenvalue weighted by atomic mass is 10.1. The molecule has 1 N–H and O–H groups in total. The van der Waals surface area contributed by atoms with Gasteiger partial charge in [0.1, 0.15) is 5.82 Å². The third-order valence-corrected chi connectivity index (χ3v) is 2.63. The predicted octanol–water partition coefficient (Wildman–Crippen LogP) is 1.88. The molecule has 0 amide bonds. The highest BCUT2D eigenvalue weighted by molar-refractivity contribution is 5.40. The van der Waals surface area contributed by atoms with Gasteiger partial charge in [0.15, 0.2) is 0 Å². The topological polar surface area (TPSA) is 73.6 Å². The molecule has 1 rings (SSSR count). The van der Waals surface area contributed by atoms with Gasteiger partial charge in [-0.15, -0.1) is 0 Å². The quantitative estimate of drug-likeness (QED) is 0.404. The third kappa shape index (κ3) is 6.05. The Balaban J connectivity index is 2.28. The summed E-state index contributed by atoms with van der Waals surface area (Å²) in [6.45, 7) is 2.59. The molecule has 0 aliphatic rings. The van der Waals surface area contributed by atoms with Crippen LogP contribution >= 0.6 is 0 Å². The summed E-state index contributed by atoms with van der Waals surface area (Å²) in [5, 5.41) is 13.8. The molecule has 0 atom stereocenters. The number of ether oxygens (including phenoxy) is 2. The summed E-state index contributed by atoms with van der Waals surface area (Å²) in [6.07, 6.45) is 0.771. The number of hydrogen-bond donors (Lipinski definition) is 1. The van der Waals surface area contributed by atoms with E-state index in [1.54, 1.807) is 7.11 Å². The van der Waals surface area contributed by atoms with E-state index in [-0.39, 0.29) is 12.2 Å². The number of hydrogen-bond acceptors (Lipinski definition) is 5. The Labute approximate surface area is 117 Å². The maximum absolute atomic E-state index is 13.1. The number of rotatable bonds is 10. The minimum absolute atomic E-state index is 0.0738. The Morgan fingerprint density at radius 2 is 2.15 bits per heavy atom. The largest absolute Gasteiger partial charge is 0.382 e. The maximum Gasteiger partial charge on any atom is 0.274 e. The Hall–Kier alpha value is -1.57. The molecule has 0 bridgehead atoms. The number of nitro groups is 1. The molecular formula is C13H19FN2O4. The second-order valence-corrected chi connectivity index (χ2v) is 4.17. The molecule has 0 saturated carbocycles. The lowest BCUT2D eigenvalue weighted by Crippen LogP contribution is -2.17. The smallest absolute Gasteiger partial charge is 0.274 e. The van der Waals surface area contributed by atoms with E-state index in [4.69, 9.17) is 9.47 Å². The van der Waals surface area contributed by atoms with Crippen molar-refractivity contribution in [2.75, 3.05) is 33.5 Å². The predicted molar refractivity (Wildman–Crippen MR) is 72.1 cm³/mol. The Bertz CT molecular complexity index is 429. The molecule has 0 heterocycles. The molecule has 0 saturated heterocycles. The molecule has 112 valence electrons. The SMILES string of the molecule is COCCOCCCNCc1cc(F)ccc1[N+](=O)[O-]. The van der Waals surface area contributed by atoms with E-state index >= 15 is 0 Å². The van der Waals surface area contributed by atoms with Crippen LogP contribution in [-0.2, 0) is 16.0 Å². The van der Waals surface area contributed by atoms with Crippen molar-refractivity contribution in [3.8, 4) is 0 Å². The van der Waals surface area contributed by atoms with Crippen molar-refractivity contribution < 1.29 is 18.8 Å². The molecule has 1 aromatic rings. The molecule has 0 fully saturated rings. The minimum atomic E-state index is -0.510. The standard InChI is InChI=1S/C13H19FN2O4/c1-19-7-8-20-6-2-5-15-10-11-9-12(14)3-4-13(11)16(17)18/h3-4,9,15H,2,5-8,10H2,1H3. The molecule has 6 nitrogen and oxygen atoms in total. The third-order valence-electron chi connectivity index (χ3n) is 2.63. The molecule has 7 heteroatoms. The Morgan fingerprint density at radius 1 is 1.35 bits per heavy atom. The van der Waals surface area contributed by atoms with Crippen LogP contribution in [0, 0.1) is 15.9 Å². The summed E-state index contributed by atoms with van der Waals surface area (Å²) >= 11 is 0. The monoisotopic (exact) mass is 286 g/mol. The summed E-state index contributed by atoms with van der Waals surface area (Å²) in [6, 6.07) is 3.45. The van der Waals surface area contributed by atoms with Gasteiger partial charge in [-0.25, -0.2) is 4.39 Å². The summed E-state index contributed by atoms with van der Waals surface area (Å²) in [5.41, 5.74) is 0.269. The molecule has 1 aromatic carbocycles. The fourth-order valence-corrected chi connectivity index (χ4v) is 1.64. The zero-order chi connectivity index (χ0) is 14.8. The van der Waals surface area contributed by atoms with Crippen LogP contribution in [0.2, 0.25) is 0 Å². The average Bonchev–Trinajstić information content (AvgIpc) is 2.41. The van der Waals surface area contributed by atoms with Gasteiger partial charge in [-0.3, -0.25) is 10.1 Å². The molecule has 0 radical (unpaired) electrons. The lowest BCUT2D eigenvalue weighted by Gasteiger charge is -2.06. The van der Waals surface area contributed by atoms with Gasteiger partial charge in [0.2, 0.25) is 0 Å². The van der Waals surface area contributed by atoms with Crippen molar-refractivity contribution in [1.29, 1.82) is 0 Å². The highest BCUT2D eigenvalue weighted by atomic mass is 19.1. The van der Waals surface area contributed by atoms with E-state index in [1.165, 1.54) is 12.1 Å². The first-order valence-electron chi connectivity index (χ1n) is 6.35. The van der Waals surface area contributed by atoms with Gasteiger partial charge in [0.05, 0.1) is 18.1 Å². The number of nitrogens with zero attached hydrogens (tertiary/aromatic N) is 1. The van der Waals surface area contributed by atoms with E-state index in [0.717, 1.165) is 12.5 Å². The minimum Gasteiger partial charge on any atom is -0.382 e. The molecule has 0 unspecified atom stereocenters. The van der Waals surface area contributed by atoms with Gasteiger partial charge in [0.25, 0.3) is 5.69 Å². The van der Waals surface area contributed by atoms with Gasteiger partial charge in [-0.1, -0.05) is 0 Å². The van der Waals surface area contributed by atoms with E-state index < -0.39 is 10.7 Å². The first-order valence-corrected chi connectivity index (χ1v) is 6.35. The van der Waals surface area contributed by atoms with Crippen LogP contribution < -0.4 is 5.32 Å². The van der Waals surface area contributed by atoms with Gasteiger partial charge in [-0.2, -0.15) is 0 Å². The van der Waals surface area contributed by atoms with Crippen molar-refractivity contribution in [3.63, 3.8) is 0 Å². The highest BCUT2D eigenvalue weighted by Gasteiger charge is 2.13. The van der Waals surface area contributed by atoms with Gasteiger partial charge in [-0.05, 0) is 25.1 Å². The van der Waals surface area contributed by atoms with Crippen molar-refractivity contribution in [1.82, 2.24) is 5.32 Å². The Morgan fingerprint density at radius 3 is 2.85 bits per heavy atom. The van der Waals surface area contributed by atoms with Crippen LogP contribution in [0.15, 0.2) is 18.2 Å². The fraction of sp³-hybridized carbons (Fsp3) is 0.538. The Kier molecular flexibility index (Phi) is 7.71. The molecule has 0 spiro atoms. The zero-order valence-electron chi connectivity index (χ0n) is 11.4. The fourth-order valence-electron chi connectivity index (χ4n) is 1.64. The lowest BCUT2D eigenvalue weighted by molar-refractivity contribution is -0.385. The zero-order valence-corrected chi connectivity index (χ0v) is 11.4. The number of nitro benzene ring substituents is 1.